The van der Waals surface area contributed by atoms with Crippen LogP contribution in [0.3, 0.4) is 0 Å². The summed E-state index contributed by atoms with van der Waals surface area (Å²) in [5.41, 5.74) is 8.01. The van der Waals surface area contributed by atoms with Crippen molar-refractivity contribution in [1.82, 2.24) is 4.98 Å². The molecule has 1 aromatic carbocycles. The van der Waals surface area contributed by atoms with E-state index in [1.807, 2.05) is 19.9 Å². The summed E-state index contributed by atoms with van der Waals surface area (Å²) < 4.78 is 26.9. The molecule has 100 valence electrons. The van der Waals surface area contributed by atoms with E-state index in [4.69, 9.17) is 5.73 Å². The van der Waals surface area contributed by atoms with Gasteiger partial charge in [-0.3, -0.25) is 4.72 Å². The third-order valence-corrected chi connectivity index (χ3v) is 3.92. The number of nitrogens with two attached hydrogens (primary N) is 1. The number of aromatic nitrogens is 1. The Bertz CT molecular complexity index is 691. The average Bonchev–Trinajstić information content (AvgIpc) is 2.26. The molecule has 0 aliphatic carbocycles. The van der Waals surface area contributed by atoms with Crippen LogP contribution in [-0.2, 0) is 10.0 Å². The summed E-state index contributed by atoms with van der Waals surface area (Å²) in [5, 5.41) is 0. The highest BCUT2D eigenvalue weighted by Gasteiger charge is 2.14. The number of hydrogen-bond donors (Lipinski definition) is 2. The van der Waals surface area contributed by atoms with Crippen molar-refractivity contribution in [3.05, 3.63) is 47.7 Å². The van der Waals surface area contributed by atoms with Gasteiger partial charge in [-0.25, -0.2) is 13.4 Å². The summed E-state index contributed by atoms with van der Waals surface area (Å²) in [7, 11) is -3.64. The van der Waals surface area contributed by atoms with Gasteiger partial charge < -0.3 is 5.73 Å². The van der Waals surface area contributed by atoms with Crippen molar-refractivity contribution < 1.29 is 8.42 Å². The monoisotopic (exact) mass is 277 g/mol. The highest BCUT2D eigenvalue weighted by molar-refractivity contribution is 7.92. The predicted octanol–water partition coefficient (Wildman–Crippen LogP) is 2.08. The SMILES string of the molecule is Cc1cc(C)cc(NS(=O)(=O)c2ccnc(N)c2)c1. The molecule has 19 heavy (non-hydrogen) atoms. The molecule has 0 spiro atoms. The van der Waals surface area contributed by atoms with Gasteiger partial charge in [0.2, 0.25) is 0 Å². The molecule has 1 aromatic heterocycles. The summed E-state index contributed by atoms with van der Waals surface area (Å²) in [5.74, 6) is 0.170. The van der Waals surface area contributed by atoms with E-state index in [0.29, 0.717) is 5.69 Å². The molecular formula is C13H15N3O2S. The first-order valence-corrected chi connectivity index (χ1v) is 7.18. The smallest absolute Gasteiger partial charge is 0.262 e. The summed E-state index contributed by atoms with van der Waals surface area (Å²) in [4.78, 5) is 3.87. The molecule has 1 heterocycles. The molecule has 0 atom stereocenters. The molecule has 2 rings (SSSR count). The highest BCUT2D eigenvalue weighted by atomic mass is 32.2. The van der Waals surface area contributed by atoms with Crippen LogP contribution in [-0.4, -0.2) is 13.4 Å². The van der Waals surface area contributed by atoms with Gasteiger partial charge in [-0.1, -0.05) is 6.07 Å². The van der Waals surface area contributed by atoms with Gasteiger partial charge in [0.15, 0.2) is 0 Å². The zero-order valence-electron chi connectivity index (χ0n) is 10.7. The summed E-state index contributed by atoms with van der Waals surface area (Å²) in [6, 6.07) is 8.25. The van der Waals surface area contributed by atoms with Crippen molar-refractivity contribution in [3.8, 4) is 0 Å². The van der Waals surface area contributed by atoms with Crippen LogP contribution in [0, 0.1) is 13.8 Å². The minimum absolute atomic E-state index is 0.0964. The van der Waals surface area contributed by atoms with Crippen molar-refractivity contribution >= 4 is 21.5 Å². The van der Waals surface area contributed by atoms with Crippen molar-refractivity contribution in [3.63, 3.8) is 0 Å². The standard InChI is InChI=1S/C13H15N3O2S/c1-9-5-10(2)7-11(6-9)16-19(17,18)12-3-4-15-13(14)8-12/h3-8,16H,1-2H3,(H2,14,15). The molecule has 0 bridgehead atoms. The number of nitrogens with zero attached hydrogens (tertiary/aromatic N) is 1. The normalized spacial score (nSPS) is 11.3. The average molecular weight is 277 g/mol. The zero-order valence-corrected chi connectivity index (χ0v) is 11.5. The van der Waals surface area contributed by atoms with Crippen LogP contribution in [0.4, 0.5) is 11.5 Å². The fourth-order valence-corrected chi connectivity index (χ4v) is 2.90. The Labute approximate surface area is 112 Å². The van der Waals surface area contributed by atoms with E-state index >= 15 is 0 Å². The van der Waals surface area contributed by atoms with Crippen LogP contribution in [0.5, 0.6) is 0 Å². The van der Waals surface area contributed by atoms with Crippen molar-refractivity contribution in [2.75, 3.05) is 10.5 Å². The Balaban J connectivity index is 2.36. The molecule has 0 fully saturated rings. The second kappa shape index (κ2) is 4.89. The lowest BCUT2D eigenvalue weighted by atomic mass is 10.1. The van der Waals surface area contributed by atoms with Crippen LogP contribution < -0.4 is 10.5 Å². The lowest BCUT2D eigenvalue weighted by Gasteiger charge is -2.10. The van der Waals surface area contributed by atoms with Crippen molar-refractivity contribution in [2.24, 2.45) is 0 Å². The van der Waals surface area contributed by atoms with E-state index in [-0.39, 0.29) is 10.7 Å². The number of hydrogen-bond acceptors (Lipinski definition) is 4. The Morgan fingerprint density at radius 2 is 1.74 bits per heavy atom. The van der Waals surface area contributed by atoms with Gasteiger partial charge in [0.05, 0.1) is 4.90 Å². The quantitative estimate of drug-likeness (QED) is 0.899. The van der Waals surface area contributed by atoms with Crippen molar-refractivity contribution in [2.45, 2.75) is 18.7 Å². The molecule has 0 aliphatic rings. The maximum atomic E-state index is 12.2. The molecule has 0 amide bonds. The summed E-state index contributed by atoms with van der Waals surface area (Å²) in [6.07, 6.45) is 1.37. The summed E-state index contributed by atoms with van der Waals surface area (Å²) >= 11 is 0. The number of nitrogens with one attached hydrogen (secondary N) is 1. The third kappa shape index (κ3) is 3.23. The Hall–Kier alpha value is -2.08. The number of rotatable bonds is 3. The molecule has 0 aliphatic heterocycles. The molecule has 6 heteroatoms. The lowest BCUT2D eigenvalue weighted by molar-refractivity contribution is 0.601. The Kier molecular flexibility index (Phi) is 3.44. The van der Waals surface area contributed by atoms with Crippen LogP contribution in [0.1, 0.15) is 11.1 Å². The topological polar surface area (TPSA) is 85.1 Å². The van der Waals surface area contributed by atoms with Crippen LogP contribution >= 0.6 is 0 Å². The van der Waals surface area contributed by atoms with Gasteiger partial charge in [-0.2, -0.15) is 0 Å². The molecule has 5 nitrogen and oxygen atoms in total. The van der Waals surface area contributed by atoms with E-state index in [1.165, 1.54) is 18.3 Å². The van der Waals surface area contributed by atoms with Crippen LogP contribution in [0.2, 0.25) is 0 Å². The number of benzene rings is 1. The van der Waals surface area contributed by atoms with Crippen molar-refractivity contribution in [1.29, 1.82) is 0 Å². The molecule has 0 saturated carbocycles. The van der Waals surface area contributed by atoms with Gasteiger partial charge in [-0.15, -0.1) is 0 Å². The first kappa shape index (κ1) is 13.4. The third-order valence-electron chi connectivity index (χ3n) is 2.54. The maximum absolute atomic E-state index is 12.2. The fourth-order valence-electron chi connectivity index (χ4n) is 1.84. The van der Waals surface area contributed by atoms with Gasteiger partial charge in [0.1, 0.15) is 5.82 Å². The fraction of sp³-hybridized carbons (Fsp3) is 0.154. The molecule has 2 aromatic rings. The molecule has 0 unspecified atom stereocenters. The van der Waals surface area contributed by atoms with Gasteiger partial charge >= 0.3 is 0 Å². The van der Waals surface area contributed by atoms with E-state index in [2.05, 4.69) is 9.71 Å². The van der Waals surface area contributed by atoms with Crippen LogP contribution in [0.25, 0.3) is 0 Å². The molecule has 0 saturated heterocycles. The second-order valence-electron chi connectivity index (χ2n) is 4.40. The van der Waals surface area contributed by atoms with Gasteiger partial charge in [0, 0.05) is 18.0 Å². The highest BCUT2D eigenvalue weighted by Crippen LogP contribution is 2.19. The van der Waals surface area contributed by atoms with Crippen LogP contribution in [0.15, 0.2) is 41.4 Å². The first-order chi connectivity index (χ1) is 8.87. The van der Waals surface area contributed by atoms with E-state index in [1.54, 1.807) is 12.1 Å². The number of sulfonamides is 1. The predicted molar refractivity (Wildman–Crippen MR) is 75.4 cm³/mol. The Morgan fingerprint density at radius 1 is 1.11 bits per heavy atom. The first-order valence-electron chi connectivity index (χ1n) is 5.69. The lowest BCUT2D eigenvalue weighted by Crippen LogP contribution is -2.13. The molecule has 3 N–H and O–H groups in total. The second-order valence-corrected chi connectivity index (χ2v) is 6.08. The minimum Gasteiger partial charge on any atom is -0.384 e. The van der Waals surface area contributed by atoms with E-state index in [0.717, 1.165) is 11.1 Å². The van der Waals surface area contributed by atoms with E-state index in [9.17, 15) is 8.42 Å². The number of aryl methyl sites for hydroxylation is 2. The maximum Gasteiger partial charge on any atom is 0.262 e. The number of pyridine rings is 1. The Morgan fingerprint density at radius 3 is 2.32 bits per heavy atom. The summed E-state index contributed by atoms with van der Waals surface area (Å²) in [6.45, 7) is 3.82. The minimum atomic E-state index is -3.64. The number of anilines is 2. The number of nitrogen functional groups attached to an aromatic ring is 1. The molecular weight excluding hydrogens is 262 g/mol. The van der Waals surface area contributed by atoms with Gasteiger partial charge in [-0.05, 0) is 43.2 Å². The van der Waals surface area contributed by atoms with Gasteiger partial charge in [0.25, 0.3) is 10.0 Å². The molecule has 0 radical (unpaired) electrons. The largest absolute Gasteiger partial charge is 0.384 e. The zero-order chi connectivity index (χ0) is 14.0. The van der Waals surface area contributed by atoms with E-state index < -0.39 is 10.0 Å².